The molecule has 1 fully saturated rings. The molecule has 2 unspecified atom stereocenters. The number of hydrogen-bond acceptors (Lipinski definition) is 4. The van der Waals surface area contributed by atoms with Crippen molar-refractivity contribution in [3.8, 4) is 0 Å². The van der Waals surface area contributed by atoms with Crippen molar-refractivity contribution in [2.45, 2.75) is 18.8 Å². The number of carbonyl (C=O) groups excluding carboxylic acids is 1. The highest BCUT2D eigenvalue weighted by Gasteiger charge is 2.61. The Bertz CT molecular complexity index is 901. The summed E-state index contributed by atoms with van der Waals surface area (Å²) in [5.74, 6) is -1.04. The number of anilines is 1. The molecule has 0 bridgehead atoms. The zero-order valence-electron chi connectivity index (χ0n) is 14.0. The molecule has 26 heavy (non-hydrogen) atoms. The van der Waals surface area contributed by atoms with Crippen LogP contribution in [0.2, 0.25) is 5.02 Å². The molecule has 3 rings (SSSR count). The molecular weight excluding hydrogens is 357 g/mol. The van der Waals surface area contributed by atoms with Crippen LogP contribution >= 0.6 is 11.6 Å². The van der Waals surface area contributed by atoms with Crippen LogP contribution in [-0.4, -0.2) is 21.7 Å². The summed E-state index contributed by atoms with van der Waals surface area (Å²) in [6, 6.07) is 4.46. The van der Waals surface area contributed by atoms with E-state index in [0.29, 0.717) is 17.1 Å². The number of carbonyl (C=O) groups is 1. The minimum absolute atomic E-state index is 0.00676. The first-order chi connectivity index (χ1) is 12.4. The molecule has 1 aliphatic rings. The molecule has 0 aliphatic heterocycles. The number of aliphatic imine (C=N–C) groups is 1. The number of hydrogen-bond donors (Lipinski definition) is 2. The Kier molecular flexibility index (Phi) is 4.99. The summed E-state index contributed by atoms with van der Waals surface area (Å²) in [7, 11) is 0. The molecule has 8 heteroatoms. The summed E-state index contributed by atoms with van der Waals surface area (Å²) in [6.45, 7) is 1.86. The molecule has 1 saturated carbocycles. The number of nitrogens with zero attached hydrogens (tertiary/aromatic N) is 3. The standard InChI is InChI=1S/C18H17ClFN5O/c1-11-8-18(11,16-14(20)3-2-5-24-16)17(26)25-15(21)4-6-23-13-7-12(19)9-22-10-13/h2-7,9-11,23H,8H2,1H3,(H2,21,25,26)/b6-4-. The third kappa shape index (κ3) is 3.57. The normalized spacial score (nSPS) is 22.4. The van der Waals surface area contributed by atoms with Gasteiger partial charge in [-0.3, -0.25) is 14.8 Å². The predicted octanol–water partition coefficient (Wildman–Crippen LogP) is 3.06. The molecule has 134 valence electrons. The lowest BCUT2D eigenvalue weighted by atomic mass is 9.97. The van der Waals surface area contributed by atoms with Crippen molar-refractivity contribution in [1.82, 2.24) is 9.97 Å². The van der Waals surface area contributed by atoms with E-state index in [1.807, 2.05) is 6.92 Å². The van der Waals surface area contributed by atoms with Crippen LogP contribution in [0.4, 0.5) is 10.1 Å². The predicted molar refractivity (Wildman–Crippen MR) is 98.3 cm³/mol. The van der Waals surface area contributed by atoms with E-state index in [9.17, 15) is 9.18 Å². The summed E-state index contributed by atoms with van der Waals surface area (Å²) < 4.78 is 14.1. The smallest absolute Gasteiger partial charge is 0.260 e. The van der Waals surface area contributed by atoms with Crippen molar-refractivity contribution in [1.29, 1.82) is 0 Å². The second-order valence-electron chi connectivity index (χ2n) is 6.12. The maximum atomic E-state index is 14.1. The molecule has 1 aliphatic carbocycles. The summed E-state index contributed by atoms with van der Waals surface area (Å²) in [4.78, 5) is 24.5. The molecule has 0 saturated heterocycles. The maximum Gasteiger partial charge on any atom is 0.260 e. The van der Waals surface area contributed by atoms with Crippen molar-refractivity contribution in [2.24, 2.45) is 16.6 Å². The van der Waals surface area contributed by atoms with E-state index in [2.05, 4.69) is 20.3 Å². The van der Waals surface area contributed by atoms with E-state index < -0.39 is 17.1 Å². The molecule has 3 N–H and O–H groups in total. The monoisotopic (exact) mass is 373 g/mol. The van der Waals surface area contributed by atoms with Crippen LogP contribution in [0, 0.1) is 11.7 Å². The molecule has 2 aromatic rings. The number of aromatic nitrogens is 2. The van der Waals surface area contributed by atoms with E-state index in [-0.39, 0.29) is 17.4 Å². The van der Waals surface area contributed by atoms with Gasteiger partial charge >= 0.3 is 0 Å². The summed E-state index contributed by atoms with van der Waals surface area (Å²) in [6.07, 6.45) is 8.01. The minimum atomic E-state index is -1.03. The fourth-order valence-corrected chi connectivity index (χ4v) is 3.01. The number of amidine groups is 1. The third-order valence-electron chi connectivity index (χ3n) is 4.31. The molecule has 2 atom stereocenters. The second kappa shape index (κ2) is 7.21. The van der Waals surface area contributed by atoms with Gasteiger partial charge < -0.3 is 11.1 Å². The van der Waals surface area contributed by atoms with Crippen LogP contribution in [0.1, 0.15) is 19.0 Å². The van der Waals surface area contributed by atoms with Crippen LogP contribution in [0.15, 0.2) is 54.1 Å². The molecule has 2 aromatic heterocycles. The van der Waals surface area contributed by atoms with Gasteiger partial charge in [-0.1, -0.05) is 18.5 Å². The molecule has 0 spiro atoms. The van der Waals surface area contributed by atoms with E-state index in [4.69, 9.17) is 17.3 Å². The SMILES string of the molecule is CC1CC1(C(=O)N=C(N)/C=C\Nc1cncc(Cl)c1)c1ncccc1F. The fraction of sp³-hybridized carbons (Fsp3) is 0.222. The molecule has 2 heterocycles. The van der Waals surface area contributed by atoms with Crippen LogP contribution < -0.4 is 11.1 Å². The van der Waals surface area contributed by atoms with Gasteiger partial charge in [-0.15, -0.1) is 0 Å². The first-order valence-corrected chi connectivity index (χ1v) is 8.34. The van der Waals surface area contributed by atoms with Crippen LogP contribution in [0.3, 0.4) is 0 Å². The van der Waals surface area contributed by atoms with Crippen molar-refractivity contribution in [3.63, 3.8) is 0 Å². The van der Waals surface area contributed by atoms with Crippen molar-refractivity contribution < 1.29 is 9.18 Å². The van der Waals surface area contributed by atoms with E-state index in [1.165, 1.54) is 36.8 Å². The lowest BCUT2D eigenvalue weighted by Crippen LogP contribution is -2.26. The highest BCUT2D eigenvalue weighted by atomic mass is 35.5. The van der Waals surface area contributed by atoms with Gasteiger partial charge in [0.15, 0.2) is 0 Å². The number of halogens is 2. The average molecular weight is 374 g/mol. The first-order valence-electron chi connectivity index (χ1n) is 7.96. The van der Waals surface area contributed by atoms with Gasteiger partial charge in [0.1, 0.15) is 11.7 Å². The lowest BCUT2D eigenvalue weighted by molar-refractivity contribution is -0.120. The summed E-state index contributed by atoms with van der Waals surface area (Å²) in [5.41, 5.74) is 5.56. The van der Waals surface area contributed by atoms with Gasteiger partial charge in [-0.25, -0.2) is 4.39 Å². The molecule has 0 radical (unpaired) electrons. The van der Waals surface area contributed by atoms with Crippen molar-refractivity contribution >= 4 is 29.0 Å². The molecule has 6 nitrogen and oxygen atoms in total. The average Bonchev–Trinajstić information content (AvgIpc) is 3.27. The minimum Gasteiger partial charge on any atom is -0.384 e. The lowest BCUT2D eigenvalue weighted by Gasteiger charge is -2.12. The fourth-order valence-electron chi connectivity index (χ4n) is 2.84. The van der Waals surface area contributed by atoms with Gasteiger partial charge in [-0.2, -0.15) is 4.99 Å². The Hall–Kier alpha value is -2.80. The Morgan fingerprint density at radius 1 is 1.54 bits per heavy atom. The van der Waals surface area contributed by atoms with E-state index >= 15 is 0 Å². The second-order valence-corrected chi connectivity index (χ2v) is 6.56. The van der Waals surface area contributed by atoms with Crippen LogP contribution in [-0.2, 0) is 10.2 Å². The Balaban J connectivity index is 1.73. The van der Waals surface area contributed by atoms with Crippen molar-refractivity contribution in [3.05, 3.63) is 65.6 Å². The summed E-state index contributed by atoms with van der Waals surface area (Å²) >= 11 is 5.84. The zero-order valence-corrected chi connectivity index (χ0v) is 14.7. The van der Waals surface area contributed by atoms with Gasteiger partial charge in [0, 0.05) is 18.6 Å². The Morgan fingerprint density at radius 2 is 2.31 bits per heavy atom. The van der Waals surface area contributed by atoms with Gasteiger partial charge in [-0.05, 0) is 36.6 Å². The largest absolute Gasteiger partial charge is 0.384 e. The van der Waals surface area contributed by atoms with Gasteiger partial charge in [0.05, 0.1) is 28.0 Å². The maximum absolute atomic E-state index is 14.1. The number of amides is 1. The summed E-state index contributed by atoms with van der Waals surface area (Å²) in [5, 5.41) is 3.41. The molecule has 1 amide bonds. The van der Waals surface area contributed by atoms with Crippen LogP contribution in [0.5, 0.6) is 0 Å². The Labute approximate surface area is 155 Å². The number of nitrogens with two attached hydrogens (primary N) is 1. The number of pyridine rings is 2. The first kappa shape index (κ1) is 18.0. The Morgan fingerprint density at radius 3 is 2.96 bits per heavy atom. The molecular formula is C18H17ClFN5O. The quantitative estimate of drug-likeness (QED) is 0.620. The highest BCUT2D eigenvalue weighted by molar-refractivity contribution is 6.30. The topological polar surface area (TPSA) is 93.3 Å². The van der Waals surface area contributed by atoms with Crippen LogP contribution in [0.25, 0.3) is 0 Å². The van der Waals surface area contributed by atoms with E-state index in [0.717, 1.165) is 0 Å². The third-order valence-corrected chi connectivity index (χ3v) is 4.52. The number of rotatable bonds is 5. The van der Waals surface area contributed by atoms with Gasteiger partial charge in [0.25, 0.3) is 5.91 Å². The molecule has 0 aromatic carbocycles. The van der Waals surface area contributed by atoms with Gasteiger partial charge in [0.2, 0.25) is 0 Å². The highest BCUT2D eigenvalue weighted by Crippen LogP contribution is 2.54. The van der Waals surface area contributed by atoms with Crippen molar-refractivity contribution in [2.75, 3.05) is 5.32 Å². The zero-order chi connectivity index (χ0) is 18.7. The number of nitrogens with one attached hydrogen (secondary N) is 1. The van der Waals surface area contributed by atoms with E-state index in [1.54, 1.807) is 12.3 Å².